The average molecular weight is 489 g/mol. The van der Waals surface area contributed by atoms with E-state index in [4.69, 9.17) is 0 Å². The maximum Gasteiger partial charge on any atom is 0.471 e. The smallest absolute Gasteiger partial charge is 0.338 e. The van der Waals surface area contributed by atoms with Gasteiger partial charge >= 0.3 is 18.1 Å². The minimum atomic E-state index is -4.70. The average Bonchev–Trinajstić information content (AvgIpc) is 3.35. The number of alkyl halides is 3. The Labute approximate surface area is 190 Å². The van der Waals surface area contributed by atoms with Crippen molar-refractivity contribution in [2.75, 3.05) is 30.8 Å². The quantitative estimate of drug-likeness (QED) is 0.600. The van der Waals surface area contributed by atoms with Gasteiger partial charge in [-0.05, 0) is 37.1 Å². The van der Waals surface area contributed by atoms with Crippen molar-refractivity contribution in [3.8, 4) is 0 Å². The summed E-state index contributed by atoms with van der Waals surface area (Å²) in [5.41, 5.74) is 0.346. The molecule has 2 aliphatic rings. The summed E-state index contributed by atoms with van der Waals surface area (Å²) in [5.74, 6) is -2.01. The molecule has 1 aromatic heterocycles. The van der Waals surface area contributed by atoms with Crippen LogP contribution in [0.15, 0.2) is 27.6 Å². The molecule has 2 fully saturated rings. The number of aromatic nitrogens is 2. The monoisotopic (exact) mass is 489 g/mol. The molecular formula is C20H23F4N5O3S. The van der Waals surface area contributed by atoms with Gasteiger partial charge in [-0.3, -0.25) is 4.21 Å². The van der Waals surface area contributed by atoms with Gasteiger partial charge in [0.05, 0.1) is 6.54 Å². The van der Waals surface area contributed by atoms with Gasteiger partial charge in [0.1, 0.15) is 5.82 Å². The van der Waals surface area contributed by atoms with Crippen molar-refractivity contribution in [3.05, 3.63) is 35.5 Å². The van der Waals surface area contributed by atoms with E-state index in [1.54, 1.807) is 26.8 Å². The number of hydrogen-bond donors (Lipinski definition) is 0. The molecule has 0 radical (unpaired) electrons. The van der Waals surface area contributed by atoms with Crippen LogP contribution >= 0.6 is 0 Å². The number of rotatable bonds is 5. The molecular weight excluding hydrogens is 466 g/mol. The standard InChI is InChI=1S/C20H23F4N5O3S/c1-12-10-28(11-13-3-4-15(33(2)31)9-16(13)21)19(30)29(12)14-5-7-27(8-6-14)18-25-17(32-26-18)20(22,23)24/h3-4,9,12,14H,5-8,10-11H2,1-2H3. The molecule has 2 amide bonds. The number of amides is 2. The Morgan fingerprint density at radius 2 is 1.94 bits per heavy atom. The Morgan fingerprint density at radius 1 is 1.24 bits per heavy atom. The van der Waals surface area contributed by atoms with Crippen LogP contribution < -0.4 is 4.90 Å². The van der Waals surface area contributed by atoms with Crippen molar-refractivity contribution in [3.63, 3.8) is 0 Å². The van der Waals surface area contributed by atoms with Crippen LogP contribution in [0.25, 0.3) is 0 Å². The number of nitrogens with zero attached hydrogens (tertiary/aromatic N) is 5. The molecule has 4 rings (SSSR count). The summed E-state index contributed by atoms with van der Waals surface area (Å²) in [7, 11) is -1.30. The molecule has 0 saturated carbocycles. The van der Waals surface area contributed by atoms with Crippen LogP contribution in [0, 0.1) is 5.82 Å². The second kappa shape index (κ2) is 8.92. The summed E-state index contributed by atoms with van der Waals surface area (Å²) in [4.78, 5) is 21.8. The number of hydrogen-bond acceptors (Lipinski definition) is 6. The van der Waals surface area contributed by atoms with Crippen molar-refractivity contribution < 1.29 is 31.1 Å². The molecule has 2 aliphatic heterocycles. The van der Waals surface area contributed by atoms with Gasteiger partial charge < -0.3 is 19.2 Å². The lowest BCUT2D eigenvalue weighted by atomic mass is 10.0. The highest BCUT2D eigenvalue weighted by molar-refractivity contribution is 7.84. The van der Waals surface area contributed by atoms with Gasteiger partial charge in [0, 0.05) is 59.2 Å². The fraction of sp³-hybridized carbons (Fsp3) is 0.550. The largest absolute Gasteiger partial charge is 0.471 e. The number of anilines is 1. The molecule has 33 heavy (non-hydrogen) atoms. The van der Waals surface area contributed by atoms with Gasteiger partial charge in [-0.25, -0.2) is 9.18 Å². The first-order chi connectivity index (χ1) is 15.5. The van der Waals surface area contributed by atoms with Gasteiger partial charge in [-0.1, -0.05) is 6.07 Å². The minimum Gasteiger partial charge on any atom is -0.338 e. The maximum absolute atomic E-state index is 14.4. The Balaban J connectivity index is 1.38. The number of halogens is 4. The maximum atomic E-state index is 14.4. The molecule has 3 heterocycles. The number of piperidine rings is 1. The molecule has 2 atom stereocenters. The first kappa shape index (κ1) is 23.5. The van der Waals surface area contributed by atoms with Gasteiger partial charge in [-0.2, -0.15) is 18.2 Å². The zero-order valence-electron chi connectivity index (χ0n) is 18.0. The Bertz CT molecular complexity index is 1050. The highest BCUT2D eigenvalue weighted by Crippen LogP contribution is 2.31. The molecule has 0 spiro atoms. The fourth-order valence-electron chi connectivity index (χ4n) is 4.33. The molecule has 0 aliphatic carbocycles. The molecule has 2 saturated heterocycles. The topological polar surface area (TPSA) is 82.8 Å². The number of carbonyl (C=O) groups is 1. The Kier molecular flexibility index (Phi) is 6.34. The molecule has 1 aromatic carbocycles. The van der Waals surface area contributed by atoms with Crippen molar-refractivity contribution >= 4 is 22.8 Å². The zero-order chi connectivity index (χ0) is 23.9. The van der Waals surface area contributed by atoms with E-state index in [2.05, 4.69) is 14.7 Å². The first-order valence-electron chi connectivity index (χ1n) is 10.4. The highest BCUT2D eigenvalue weighted by atomic mass is 32.2. The van der Waals surface area contributed by atoms with Crippen molar-refractivity contribution in [2.24, 2.45) is 0 Å². The molecule has 13 heteroatoms. The fourth-order valence-corrected chi connectivity index (χ4v) is 4.86. The van der Waals surface area contributed by atoms with Crippen LogP contribution in [0.5, 0.6) is 0 Å². The molecule has 8 nitrogen and oxygen atoms in total. The number of benzene rings is 1. The van der Waals surface area contributed by atoms with Crippen LogP contribution in [0.4, 0.5) is 28.3 Å². The summed E-state index contributed by atoms with van der Waals surface area (Å²) >= 11 is 0. The summed E-state index contributed by atoms with van der Waals surface area (Å²) in [6, 6.07) is 3.96. The van der Waals surface area contributed by atoms with E-state index in [1.807, 2.05) is 6.92 Å². The van der Waals surface area contributed by atoms with E-state index in [0.717, 1.165) is 0 Å². The SMILES string of the molecule is CC1CN(Cc2ccc(S(C)=O)cc2F)C(=O)N1C1CCN(c2noc(C(F)(F)F)n2)CC1. The van der Waals surface area contributed by atoms with Gasteiger partial charge in [0.2, 0.25) is 0 Å². The van der Waals surface area contributed by atoms with E-state index in [1.165, 1.54) is 12.3 Å². The van der Waals surface area contributed by atoms with Crippen LogP contribution in [0.2, 0.25) is 0 Å². The predicted octanol–water partition coefficient (Wildman–Crippen LogP) is 3.26. The summed E-state index contributed by atoms with van der Waals surface area (Å²) in [6.45, 7) is 3.20. The van der Waals surface area contributed by atoms with Crippen LogP contribution in [-0.2, 0) is 23.5 Å². The molecule has 0 N–H and O–H groups in total. The summed E-state index contributed by atoms with van der Waals surface area (Å²) < 4.78 is 68.3. The van der Waals surface area contributed by atoms with Crippen molar-refractivity contribution in [2.45, 2.75) is 49.5 Å². The molecule has 180 valence electrons. The third-order valence-corrected chi connectivity index (χ3v) is 6.88. The second-order valence-electron chi connectivity index (χ2n) is 8.24. The lowest BCUT2D eigenvalue weighted by molar-refractivity contribution is -0.159. The third kappa shape index (κ3) is 4.82. The van der Waals surface area contributed by atoms with Crippen molar-refractivity contribution in [1.82, 2.24) is 19.9 Å². The van der Waals surface area contributed by atoms with Gasteiger partial charge in [-0.15, -0.1) is 0 Å². The van der Waals surface area contributed by atoms with Gasteiger partial charge in [0.15, 0.2) is 0 Å². The van der Waals surface area contributed by atoms with Crippen molar-refractivity contribution in [1.29, 1.82) is 0 Å². The molecule has 2 unspecified atom stereocenters. The van der Waals surface area contributed by atoms with E-state index in [0.29, 0.717) is 42.9 Å². The number of urea groups is 1. The first-order valence-corrected chi connectivity index (χ1v) is 12.0. The van der Waals surface area contributed by atoms with Crippen LogP contribution in [-0.4, -0.2) is 68.2 Å². The summed E-state index contributed by atoms with van der Waals surface area (Å²) in [5, 5.41) is 3.42. The highest BCUT2D eigenvalue weighted by Gasteiger charge is 2.42. The Hall–Kier alpha value is -2.70. The zero-order valence-corrected chi connectivity index (χ0v) is 18.8. The second-order valence-corrected chi connectivity index (χ2v) is 9.62. The summed E-state index contributed by atoms with van der Waals surface area (Å²) in [6.07, 6.45) is -2.16. The lowest BCUT2D eigenvalue weighted by Gasteiger charge is -2.37. The van der Waals surface area contributed by atoms with E-state index >= 15 is 0 Å². The minimum absolute atomic E-state index is 0.0958. The molecule has 0 bridgehead atoms. The Morgan fingerprint density at radius 3 is 2.52 bits per heavy atom. The predicted molar refractivity (Wildman–Crippen MR) is 110 cm³/mol. The normalized spacial score (nSPS) is 21.2. The van der Waals surface area contributed by atoms with Gasteiger partial charge in [0.25, 0.3) is 5.95 Å². The number of carbonyl (C=O) groups excluding carboxylic acids is 1. The van der Waals surface area contributed by atoms with E-state index in [9.17, 15) is 26.6 Å². The third-order valence-electron chi connectivity index (χ3n) is 5.97. The lowest BCUT2D eigenvalue weighted by Crippen LogP contribution is -2.48. The van der Waals surface area contributed by atoms with E-state index in [-0.39, 0.29) is 30.6 Å². The molecule has 2 aromatic rings. The van der Waals surface area contributed by atoms with Crippen LogP contribution in [0.3, 0.4) is 0 Å². The van der Waals surface area contributed by atoms with E-state index < -0.39 is 28.7 Å². The van der Waals surface area contributed by atoms with Crippen LogP contribution in [0.1, 0.15) is 31.2 Å².